The van der Waals surface area contributed by atoms with Crippen LogP contribution in [-0.4, -0.2) is 46.9 Å². The Bertz CT molecular complexity index is 775. The third-order valence-electron chi connectivity index (χ3n) is 4.99. The Balaban J connectivity index is 1.94. The lowest BCUT2D eigenvalue weighted by Crippen LogP contribution is -2.31. The second-order valence-electron chi connectivity index (χ2n) is 6.69. The molecule has 0 amide bonds. The largest absolute Gasteiger partial charge is 0.493 e. The first-order valence-electron chi connectivity index (χ1n) is 8.73. The summed E-state index contributed by atoms with van der Waals surface area (Å²) in [5.74, 6) is 3.46. The first-order valence-corrected chi connectivity index (χ1v) is 8.73. The molecule has 1 atom stereocenters. The van der Waals surface area contributed by atoms with Gasteiger partial charge >= 0.3 is 0 Å². The zero-order chi connectivity index (χ0) is 18.7. The molecule has 1 heterocycles. The molecule has 0 radical (unpaired) electrons. The fraction of sp³-hybridized carbons (Fsp3) is 0.429. The van der Waals surface area contributed by atoms with Crippen molar-refractivity contribution in [3.05, 3.63) is 47.0 Å². The van der Waals surface area contributed by atoms with Crippen LogP contribution < -0.4 is 18.9 Å². The second kappa shape index (κ2) is 7.87. The molecule has 5 nitrogen and oxygen atoms in total. The maximum absolute atomic E-state index is 5.52. The molecule has 26 heavy (non-hydrogen) atoms. The van der Waals surface area contributed by atoms with Gasteiger partial charge in [0, 0.05) is 19.0 Å². The summed E-state index contributed by atoms with van der Waals surface area (Å²) in [6, 6.07) is 10.4. The van der Waals surface area contributed by atoms with Gasteiger partial charge in [-0.1, -0.05) is 6.07 Å². The smallest absolute Gasteiger partial charge is 0.161 e. The molecule has 3 rings (SSSR count). The van der Waals surface area contributed by atoms with E-state index in [0.29, 0.717) is 5.92 Å². The van der Waals surface area contributed by atoms with Gasteiger partial charge in [-0.15, -0.1) is 0 Å². The summed E-state index contributed by atoms with van der Waals surface area (Å²) in [6.45, 7) is 1.91. The molecule has 0 saturated heterocycles. The molecule has 0 saturated carbocycles. The summed E-state index contributed by atoms with van der Waals surface area (Å²) in [5, 5.41) is 0. The minimum Gasteiger partial charge on any atom is -0.493 e. The van der Waals surface area contributed by atoms with Crippen LogP contribution in [0.1, 0.15) is 22.6 Å². The van der Waals surface area contributed by atoms with Gasteiger partial charge in [0.15, 0.2) is 23.0 Å². The van der Waals surface area contributed by atoms with Crippen LogP contribution in [0.5, 0.6) is 23.0 Å². The predicted molar refractivity (Wildman–Crippen MR) is 102 cm³/mol. The van der Waals surface area contributed by atoms with E-state index in [2.05, 4.69) is 36.2 Å². The van der Waals surface area contributed by atoms with Crippen LogP contribution in [0.2, 0.25) is 0 Å². The van der Waals surface area contributed by atoms with E-state index in [0.717, 1.165) is 42.5 Å². The number of nitrogens with zero attached hydrogens (tertiary/aromatic N) is 1. The van der Waals surface area contributed by atoms with Gasteiger partial charge < -0.3 is 23.8 Å². The predicted octanol–water partition coefficient (Wildman–Crippen LogP) is 3.49. The highest BCUT2D eigenvalue weighted by atomic mass is 16.5. The molecular formula is C21H27NO4. The third-order valence-corrected chi connectivity index (χ3v) is 4.99. The Morgan fingerprint density at radius 2 is 1.46 bits per heavy atom. The van der Waals surface area contributed by atoms with E-state index >= 15 is 0 Å². The Hall–Kier alpha value is -2.40. The van der Waals surface area contributed by atoms with Crippen molar-refractivity contribution in [2.75, 3.05) is 42.0 Å². The average Bonchev–Trinajstić information content (AvgIpc) is 2.66. The molecule has 0 bridgehead atoms. The van der Waals surface area contributed by atoms with Gasteiger partial charge in [-0.05, 0) is 54.4 Å². The van der Waals surface area contributed by atoms with E-state index in [4.69, 9.17) is 18.9 Å². The van der Waals surface area contributed by atoms with Gasteiger partial charge in [-0.3, -0.25) is 0 Å². The molecular weight excluding hydrogens is 330 g/mol. The molecule has 1 unspecified atom stereocenters. The molecule has 5 heteroatoms. The lowest BCUT2D eigenvalue weighted by molar-refractivity contribution is 0.276. The summed E-state index contributed by atoms with van der Waals surface area (Å²) in [7, 11) is 8.84. The number of fused-ring (bicyclic) bond motifs is 1. The average molecular weight is 357 g/mol. The lowest BCUT2D eigenvalue weighted by atomic mass is 9.85. The van der Waals surface area contributed by atoms with Crippen LogP contribution in [0.15, 0.2) is 30.3 Å². The van der Waals surface area contributed by atoms with E-state index < -0.39 is 0 Å². The molecule has 1 aliphatic heterocycles. The van der Waals surface area contributed by atoms with E-state index in [1.807, 2.05) is 6.07 Å². The van der Waals surface area contributed by atoms with Crippen LogP contribution in [0.25, 0.3) is 0 Å². The first-order chi connectivity index (χ1) is 12.6. The van der Waals surface area contributed by atoms with Gasteiger partial charge in [0.1, 0.15) is 0 Å². The summed E-state index contributed by atoms with van der Waals surface area (Å²) >= 11 is 0. The third kappa shape index (κ3) is 3.58. The maximum Gasteiger partial charge on any atom is 0.161 e. The molecule has 140 valence electrons. The van der Waals surface area contributed by atoms with Crippen LogP contribution in [0.4, 0.5) is 0 Å². The van der Waals surface area contributed by atoms with Crippen molar-refractivity contribution >= 4 is 0 Å². The van der Waals surface area contributed by atoms with E-state index in [1.165, 1.54) is 16.7 Å². The van der Waals surface area contributed by atoms with Crippen molar-refractivity contribution in [2.45, 2.75) is 18.9 Å². The van der Waals surface area contributed by atoms with Crippen molar-refractivity contribution in [1.29, 1.82) is 0 Å². The maximum atomic E-state index is 5.52. The summed E-state index contributed by atoms with van der Waals surface area (Å²) < 4.78 is 21.8. The molecule has 1 aliphatic rings. The first kappa shape index (κ1) is 18.4. The summed E-state index contributed by atoms with van der Waals surface area (Å²) in [4.78, 5) is 2.35. The van der Waals surface area contributed by atoms with Gasteiger partial charge in [0.05, 0.1) is 28.4 Å². The fourth-order valence-corrected chi connectivity index (χ4v) is 3.75. The van der Waals surface area contributed by atoms with Gasteiger partial charge in [0.2, 0.25) is 0 Å². The SMILES string of the molecule is COc1ccc(CC2CN(C)Cc3cc(OC)c(OC)cc32)cc1OC. The standard InChI is InChI=1S/C21H27NO4/c1-22-12-15(8-14-6-7-18(23-2)19(9-14)24-3)17-11-21(26-5)20(25-4)10-16(17)13-22/h6-7,9-11,15H,8,12-13H2,1-5H3. The zero-order valence-corrected chi connectivity index (χ0v) is 16.2. The Kier molecular flexibility index (Phi) is 5.57. The van der Waals surface area contributed by atoms with Crippen molar-refractivity contribution < 1.29 is 18.9 Å². The number of hydrogen-bond donors (Lipinski definition) is 0. The number of methoxy groups -OCH3 is 4. The highest BCUT2D eigenvalue weighted by molar-refractivity contribution is 5.50. The fourth-order valence-electron chi connectivity index (χ4n) is 3.75. The van der Waals surface area contributed by atoms with Crippen molar-refractivity contribution in [2.24, 2.45) is 0 Å². The molecule has 0 aromatic heterocycles. The number of likely N-dealkylation sites (N-methyl/N-ethyl adjacent to an activating group) is 1. The number of ether oxygens (including phenoxy) is 4. The van der Waals surface area contributed by atoms with Gasteiger partial charge in [0.25, 0.3) is 0 Å². The second-order valence-corrected chi connectivity index (χ2v) is 6.69. The number of hydrogen-bond acceptors (Lipinski definition) is 5. The topological polar surface area (TPSA) is 40.2 Å². The van der Waals surface area contributed by atoms with E-state index in [1.54, 1.807) is 28.4 Å². The number of rotatable bonds is 6. The Morgan fingerprint density at radius 3 is 2.12 bits per heavy atom. The minimum absolute atomic E-state index is 0.377. The van der Waals surface area contributed by atoms with E-state index in [-0.39, 0.29) is 0 Å². The van der Waals surface area contributed by atoms with Crippen molar-refractivity contribution in [3.63, 3.8) is 0 Å². The highest BCUT2D eigenvalue weighted by Gasteiger charge is 2.26. The van der Waals surface area contributed by atoms with Crippen LogP contribution >= 0.6 is 0 Å². The molecule has 0 spiro atoms. The van der Waals surface area contributed by atoms with Crippen molar-refractivity contribution in [1.82, 2.24) is 4.90 Å². The zero-order valence-electron chi connectivity index (χ0n) is 16.2. The van der Waals surface area contributed by atoms with Crippen LogP contribution in [-0.2, 0) is 13.0 Å². The molecule has 2 aromatic rings. The quantitative estimate of drug-likeness (QED) is 0.791. The van der Waals surface area contributed by atoms with Crippen molar-refractivity contribution in [3.8, 4) is 23.0 Å². The lowest BCUT2D eigenvalue weighted by Gasteiger charge is -2.33. The Labute approximate surface area is 155 Å². The monoisotopic (exact) mass is 357 g/mol. The normalized spacial score (nSPS) is 16.7. The molecule has 0 N–H and O–H groups in total. The summed E-state index contributed by atoms with van der Waals surface area (Å²) in [6.07, 6.45) is 0.924. The summed E-state index contributed by atoms with van der Waals surface area (Å²) in [5.41, 5.74) is 3.85. The van der Waals surface area contributed by atoms with Crippen LogP contribution in [0, 0.1) is 0 Å². The van der Waals surface area contributed by atoms with Gasteiger partial charge in [-0.2, -0.15) is 0 Å². The molecule has 2 aromatic carbocycles. The highest BCUT2D eigenvalue weighted by Crippen LogP contribution is 2.39. The van der Waals surface area contributed by atoms with E-state index in [9.17, 15) is 0 Å². The Morgan fingerprint density at radius 1 is 0.846 bits per heavy atom. The minimum atomic E-state index is 0.377. The van der Waals surface area contributed by atoms with Crippen LogP contribution in [0.3, 0.4) is 0 Å². The molecule has 0 fully saturated rings. The number of benzene rings is 2. The molecule has 0 aliphatic carbocycles. The van der Waals surface area contributed by atoms with Gasteiger partial charge in [-0.25, -0.2) is 0 Å².